The highest BCUT2D eigenvalue weighted by molar-refractivity contribution is 7.80. The van der Waals surface area contributed by atoms with E-state index in [2.05, 4.69) is 61.7 Å². The number of fused-ring (bicyclic) bond motifs is 1. The lowest BCUT2D eigenvalue weighted by Crippen LogP contribution is -2.47. The van der Waals surface area contributed by atoms with Crippen molar-refractivity contribution in [2.24, 2.45) is 0 Å². The van der Waals surface area contributed by atoms with Gasteiger partial charge < -0.3 is 34.8 Å². The van der Waals surface area contributed by atoms with Crippen molar-refractivity contribution in [2.75, 3.05) is 66.1 Å². The van der Waals surface area contributed by atoms with Crippen LogP contribution in [0.5, 0.6) is 11.5 Å². The molecule has 0 atom stereocenters. The summed E-state index contributed by atoms with van der Waals surface area (Å²) < 4.78 is 10.9. The number of ether oxygens (including phenoxy) is 2. The highest BCUT2D eigenvalue weighted by Crippen LogP contribution is 2.32. The first-order valence-corrected chi connectivity index (χ1v) is 13.2. The van der Waals surface area contributed by atoms with E-state index in [9.17, 15) is 0 Å². The molecule has 192 valence electrons. The van der Waals surface area contributed by atoms with Gasteiger partial charge in [0.2, 0.25) is 12.7 Å². The maximum absolute atomic E-state index is 5.59. The monoisotopic (exact) mass is 517 g/mol. The van der Waals surface area contributed by atoms with Crippen LogP contribution in [-0.2, 0) is 6.54 Å². The number of piperazine rings is 1. The van der Waals surface area contributed by atoms with Gasteiger partial charge in [0, 0.05) is 57.6 Å². The first kappa shape index (κ1) is 23.6. The van der Waals surface area contributed by atoms with Gasteiger partial charge in [0.25, 0.3) is 0 Å². The number of thiocarbonyl (C=S) groups is 1. The van der Waals surface area contributed by atoms with E-state index >= 15 is 0 Å². The first-order valence-electron chi connectivity index (χ1n) is 12.8. The number of hydrogen-bond donors (Lipinski definition) is 2. The van der Waals surface area contributed by atoms with Gasteiger partial charge in [-0.2, -0.15) is 9.97 Å². The van der Waals surface area contributed by atoms with E-state index < -0.39 is 0 Å². The molecule has 0 unspecified atom stereocenters. The van der Waals surface area contributed by atoms with Crippen LogP contribution in [0.15, 0.2) is 54.6 Å². The third-order valence-electron chi connectivity index (χ3n) is 6.97. The van der Waals surface area contributed by atoms with Crippen LogP contribution in [0.25, 0.3) is 0 Å². The Bertz CT molecular complexity index is 1240. The highest BCUT2D eigenvalue weighted by atomic mass is 32.1. The lowest BCUT2D eigenvalue weighted by Gasteiger charge is -2.37. The van der Waals surface area contributed by atoms with Gasteiger partial charge in [-0.1, -0.05) is 24.3 Å². The van der Waals surface area contributed by atoms with Crippen LogP contribution in [-0.4, -0.2) is 61.1 Å². The lowest BCUT2D eigenvalue weighted by atomic mass is 10.2. The summed E-state index contributed by atoms with van der Waals surface area (Å²) in [5.74, 6) is 3.94. The molecule has 3 aromatic rings. The maximum Gasteiger partial charge on any atom is 0.232 e. The molecule has 0 amide bonds. The van der Waals surface area contributed by atoms with Crippen LogP contribution in [0.3, 0.4) is 0 Å². The average Bonchev–Trinajstić information content (AvgIpc) is 3.65. The molecule has 2 saturated heterocycles. The van der Waals surface area contributed by atoms with E-state index in [1.165, 1.54) is 18.5 Å². The van der Waals surface area contributed by atoms with E-state index in [1.807, 2.05) is 18.2 Å². The summed E-state index contributed by atoms with van der Waals surface area (Å²) in [6.07, 6.45) is 2.38. The fourth-order valence-electron chi connectivity index (χ4n) is 4.96. The van der Waals surface area contributed by atoms with Crippen molar-refractivity contribution in [1.82, 2.24) is 15.3 Å². The summed E-state index contributed by atoms with van der Waals surface area (Å²) in [5, 5.41) is 6.96. The van der Waals surface area contributed by atoms with Crippen LogP contribution in [0.2, 0.25) is 0 Å². The third-order valence-corrected chi connectivity index (χ3v) is 7.22. The summed E-state index contributed by atoms with van der Waals surface area (Å²) in [6.45, 7) is 6.56. The Morgan fingerprint density at radius 2 is 1.46 bits per heavy atom. The predicted molar refractivity (Wildman–Crippen MR) is 150 cm³/mol. The van der Waals surface area contributed by atoms with Gasteiger partial charge in [0.05, 0.1) is 0 Å². The SMILES string of the molecule is S=C(NCc1ccc2c(c1)OCO2)Nc1nc(N2CCCC2)cc(N2CCN(c3ccccc3)CC2)n1. The molecule has 9 nitrogen and oxygen atoms in total. The van der Waals surface area contributed by atoms with Gasteiger partial charge in [-0.3, -0.25) is 0 Å². The van der Waals surface area contributed by atoms with E-state index in [0.29, 0.717) is 17.6 Å². The van der Waals surface area contributed by atoms with Crippen molar-refractivity contribution < 1.29 is 9.47 Å². The van der Waals surface area contributed by atoms with E-state index in [4.69, 9.17) is 31.7 Å². The number of nitrogens with zero attached hydrogens (tertiary/aromatic N) is 5. The van der Waals surface area contributed by atoms with Crippen molar-refractivity contribution in [3.05, 3.63) is 60.2 Å². The second-order valence-electron chi connectivity index (χ2n) is 9.41. The standard InChI is InChI=1S/C27H31N7O2S/c37-27(28-18-20-8-9-22-23(16-20)36-19-35-22)31-26-29-24(33-10-4-5-11-33)17-25(30-26)34-14-12-32(13-15-34)21-6-2-1-3-7-21/h1-3,6-9,16-17H,4-5,10-15,18-19H2,(H2,28,29,30,31,37). The number of rotatable bonds is 6. The Hall–Kier alpha value is -3.79. The number of anilines is 4. The molecule has 37 heavy (non-hydrogen) atoms. The molecule has 2 fully saturated rings. The minimum atomic E-state index is 0.264. The molecule has 10 heteroatoms. The summed E-state index contributed by atoms with van der Waals surface area (Å²) in [4.78, 5) is 16.8. The number of para-hydroxylation sites is 1. The molecule has 6 rings (SSSR count). The van der Waals surface area contributed by atoms with Crippen molar-refractivity contribution in [3.8, 4) is 11.5 Å². The largest absolute Gasteiger partial charge is 0.454 e. The predicted octanol–water partition coefficient (Wildman–Crippen LogP) is 3.62. The fraction of sp³-hybridized carbons (Fsp3) is 0.370. The number of hydrogen-bond acceptors (Lipinski definition) is 8. The quantitative estimate of drug-likeness (QED) is 0.474. The van der Waals surface area contributed by atoms with Gasteiger partial charge in [0.15, 0.2) is 16.6 Å². The summed E-state index contributed by atoms with van der Waals surface area (Å²) in [5.41, 5.74) is 2.32. The van der Waals surface area contributed by atoms with Gasteiger partial charge in [-0.15, -0.1) is 0 Å². The van der Waals surface area contributed by atoms with Gasteiger partial charge in [0.1, 0.15) is 11.6 Å². The normalized spacial score (nSPS) is 16.7. The molecular formula is C27H31N7O2S. The first-order chi connectivity index (χ1) is 18.2. The van der Waals surface area contributed by atoms with Crippen LogP contribution < -0.4 is 34.8 Å². The molecule has 0 radical (unpaired) electrons. The maximum atomic E-state index is 5.59. The Morgan fingerprint density at radius 1 is 0.784 bits per heavy atom. The molecule has 2 N–H and O–H groups in total. The van der Waals surface area contributed by atoms with Crippen LogP contribution in [0.1, 0.15) is 18.4 Å². The Kier molecular flexibility index (Phi) is 6.81. The zero-order chi connectivity index (χ0) is 25.0. The third kappa shape index (κ3) is 5.48. The smallest absolute Gasteiger partial charge is 0.232 e. The molecule has 3 aliphatic rings. The molecule has 0 spiro atoms. The average molecular weight is 518 g/mol. The van der Waals surface area contributed by atoms with E-state index in [0.717, 1.165) is 68.0 Å². The zero-order valence-electron chi connectivity index (χ0n) is 20.7. The minimum Gasteiger partial charge on any atom is -0.454 e. The van der Waals surface area contributed by atoms with Crippen LogP contribution in [0, 0.1) is 0 Å². The molecular weight excluding hydrogens is 486 g/mol. The summed E-state index contributed by atoms with van der Waals surface area (Å²) >= 11 is 5.59. The minimum absolute atomic E-state index is 0.264. The molecule has 0 bridgehead atoms. The Balaban J connectivity index is 1.13. The molecule has 1 aromatic heterocycles. The van der Waals surface area contributed by atoms with E-state index in [-0.39, 0.29) is 6.79 Å². The number of nitrogens with one attached hydrogen (secondary N) is 2. The molecule has 0 aliphatic carbocycles. The number of aromatic nitrogens is 2. The zero-order valence-corrected chi connectivity index (χ0v) is 21.5. The molecule has 0 saturated carbocycles. The summed E-state index contributed by atoms with van der Waals surface area (Å²) in [7, 11) is 0. The van der Waals surface area contributed by atoms with Crippen molar-refractivity contribution in [3.63, 3.8) is 0 Å². The van der Waals surface area contributed by atoms with Gasteiger partial charge >= 0.3 is 0 Å². The van der Waals surface area contributed by atoms with Gasteiger partial charge in [-0.25, -0.2) is 0 Å². The van der Waals surface area contributed by atoms with Crippen LogP contribution >= 0.6 is 12.2 Å². The fourth-order valence-corrected chi connectivity index (χ4v) is 5.12. The number of benzene rings is 2. The lowest BCUT2D eigenvalue weighted by molar-refractivity contribution is 0.174. The molecule has 4 heterocycles. The van der Waals surface area contributed by atoms with Crippen LogP contribution in [0.4, 0.5) is 23.3 Å². The second-order valence-corrected chi connectivity index (χ2v) is 9.82. The topological polar surface area (TPSA) is 78.0 Å². The van der Waals surface area contributed by atoms with Crippen molar-refractivity contribution in [1.29, 1.82) is 0 Å². The Labute approximate surface area is 222 Å². The highest BCUT2D eigenvalue weighted by Gasteiger charge is 2.22. The molecule has 3 aliphatic heterocycles. The molecule has 2 aromatic carbocycles. The Morgan fingerprint density at radius 3 is 2.22 bits per heavy atom. The summed E-state index contributed by atoms with van der Waals surface area (Å²) in [6, 6.07) is 18.6. The van der Waals surface area contributed by atoms with Crippen molar-refractivity contribution in [2.45, 2.75) is 19.4 Å². The van der Waals surface area contributed by atoms with E-state index in [1.54, 1.807) is 0 Å². The van der Waals surface area contributed by atoms with Gasteiger partial charge in [-0.05, 0) is 54.9 Å². The van der Waals surface area contributed by atoms with Crippen molar-refractivity contribution >= 4 is 40.6 Å². The second kappa shape index (κ2) is 10.7.